The van der Waals surface area contributed by atoms with Crippen LogP contribution in [0.2, 0.25) is 0 Å². The van der Waals surface area contributed by atoms with E-state index in [2.05, 4.69) is 60.3 Å². The SMILES string of the molecule is C=Cc1ccc(CC(=C)C(C)Br)cc1. The van der Waals surface area contributed by atoms with Crippen LogP contribution in [0.3, 0.4) is 0 Å². The van der Waals surface area contributed by atoms with Crippen molar-refractivity contribution in [1.82, 2.24) is 0 Å². The van der Waals surface area contributed by atoms with Crippen molar-refractivity contribution in [1.29, 1.82) is 0 Å². The van der Waals surface area contributed by atoms with E-state index in [4.69, 9.17) is 0 Å². The maximum Gasteiger partial charge on any atom is 0.0327 e. The standard InChI is InChI=1S/C13H15Br/c1-4-12-5-7-13(8-6-12)9-10(2)11(3)14/h4-8,11H,1-2,9H2,3H3. The molecule has 1 rings (SSSR count). The largest absolute Gasteiger partial charge is 0.0985 e. The third-order valence-electron chi connectivity index (χ3n) is 2.21. The topological polar surface area (TPSA) is 0 Å². The molecule has 1 atom stereocenters. The summed E-state index contributed by atoms with van der Waals surface area (Å²) in [4.78, 5) is 0.376. The Hall–Kier alpha value is -0.820. The van der Waals surface area contributed by atoms with Crippen molar-refractivity contribution in [2.75, 3.05) is 0 Å². The van der Waals surface area contributed by atoms with Crippen molar-refractivity contribution in [2.45, 2.75) is 18.2 Å². The van der Waals surface area contributed by atoms with E-state index in [9.17, 15) is 0 Å². The van der Waals surface area contributed by atoms with E-state index in [0.29, 0.717) is 4.83 Å². The molecule has 0 saturated heterocycles. The van der Waals surface area contributed by atoms with Crippen LogP contribution < -0.4 is 0 Å². The highest BCUT2D eigenvalue weighted by molar-refractivity contribution is 9.09. The summed E-state index contributed by atoms with van der Waals surface area (Å²) in [6.45, 7) is 9.85. The lowest BCUT2D eigenvalue weighted by atomic mass is 10.0. The normalized spacial score (nSPS) is 12.1. The summed E-state index contributed by atoms with van der Waals surface area (Å²) < 4.78 is 0. The van der Waals surface area contributed by atoms with Crippen LogP contribution in [0.5, 0.6) is 0 Å². The summed E-state index contributed by atoms with van der Waals surface area (Å²) in [5, 5.41) is 0. The first-order chi connectivity index (χ1) is 6.63. The molecule has 0 spiro atoms. The predicted molar refractivity (Wildman–Crippen MR) is 67.8 cm³/mol. The molecule has 1 aromatic rings. The highest BCUT2D eigenvalue weighted by Gasteiger charge is 2.02. The molecule has 0 N–H and O–H groups in total. The van der Waals surface area contributed by atoms with Gasteiger partial charge in [0.2, 0.25) is 0 Å². The molecule has 0 saturated carbocycles. The molecule has 0 bridgehead atoms. The van der Waals surface area contributed by atoms with Crippen molar-refractivity contribution in [3.63, 3.8) is 0 Å². The average molecular weight is 251 g/mol. The minimum Gasteiger partial charge on any atom is -0.0985 e. The van der Waals surface area contributed by atoms with Crippen LogP contribution in [0.25, 0.3) is 6.08 Å². The van der Waals surface area contributed by atoms with Crippen molar-refractivity contribution < 1.29 is 0 Å². The lowest BCUT2D eigenvalue weighted by Crippen LogP contribution is -1.98. The second-order valence-electron chi connectivity index (χ2n) is 3.40. The monoisotopic (exact) mass is 250 g/mol. The van der Waals surface area contributed by atoms with E-state index in [-0.39, 0.29) is 0 Å². The molecule has 14 heavy (non-hydrogen) atoms. The third kappa shape index (κ3) is 3.15. The molecule has 0 aromatic heterocycles. The van der Waals surface area contributed by atoms with Gasteiger partial charge >= 0.3 is 0 Å². The number of alkyl halides is 1. The van der Waals surface area contributed by atoms with Gasteiger partial charge in [-0.2, -0.15) is 0 Å². The van der Waals surface area contributed by atoms with E-state index in [0.717, 1.165) is 12.0 Å². The van der Waals surface area contributed by atoms with Gasteiger partial charge in [0.05, 0.1) is 0 Å². The summed E-state index contributed by atoms with van der Waals surface area (Å²) in [5.74, 6) is 0. The Labute approximate surface area is 94.5 Å². The van der Waals surface area contributed by atoms with Gasteiger partial charge < -0.3 is 0 Å². The van der Waals surface area contributed by atoms with Gasteiger partial charge in [-0.1, -0.05) is 65.0 Å². The molecule has 0 amide bonds. The molecule has 0 radical (unpaired) electrons. The van der Waals surface area contributed by atoms with E-state index < -0.39 is 0 Å². The number of benzene rings is 1. The minimum absolute atomic E-state index is 0.376. The lowest BCUT2D eigenvalue weighted by Gasteiger charge is -2.07. The van der Waals surface area contributed by atoms with Crippen molar-refractivity contribution in [2.24, 2.45) is 0 Å². The highest BCUT2D eigenvalue weighted by atomic mass is 79.9. The Kier molecular flexibility index (Phi) is 4.15. The number of allylic oxidation sites excluding steroid dienone is 1. The quantitative estimate of drug-likeness (QED) is 0.555. The van der Waals surface area contributed by atoms with Gasteiger partial charge in [-0.25, -0.2) is 0 Å². The molecule has 0 aliphatic heterocycles. The minimum atomic E-state index is 0.376. The van der Waals surface area contributed by atoms with E-state index in [1.54, 1.807) is 0 Å². The molecular weight excluding hydrogens is 236 g/mol. The van der Waals surface area contributed by atoms with E-state index in [1.807, 2.05) is 6.08 Å². The molecule has 0 aliphatic rings. The zero-order chi connectivity index (χ0) is 10.6. The van der Waals surface area contributed by atoms with Gasteiger partial charge in [0.15, 0.2) is 0 Å². The number of hydrogen-bond donors (Lipinski definition) is 0. The van der Waals surface area contributed by atoms with Gasteiger partial charge in [-0.3, -0.25) is 0 Å². The Bertz CT molecular complexity index is 320. The van der Waals surface area contributed by atoms with Crippen LogP contribution in [0.4, 0.5) is 0 Å². The molecule has 74 valence electrons. The maximum atomic E-state index is 4.03. The molecule has 0 aliphatic carbocycles. The van der Waals surface area contributed by atoms with Crippen LogP contribution in [-0.2, 0) is 6.42 Å². The van der Waals surface area contributed by atoms with Gasteiger partial charge in [0.25, 0.3) is 0 Å². The van der Waals surface area contributed by atoms with Crippen LogP contribution >= 0.6 is 15.9 Å². The Morgan fingerprint density at radius 3 is 2.43 bits per heavy atom. The Morgan fingerprint density at radius 2 is 2.00 bits per heavy atom. The maximum absolute atomic E-state index is 4.03. The molecule has 0 heterocycles. The fraction of sp³-hybridized carbons (Fsp3) is 0.231. The first-order valence-corrected chi connectivity index (χ1v) is 5.58. The fourth-order valence-corrected chi connectivity index (χ4v) is 1.34. The van der Waals surface area contributed by atoms with Gasteiger partial charge in [0, 0.05) is 4.83 Å². The summed E-state index contributed by atoms with van der Waals surface area (Å²) in [6, 6.07) is 8.40. The molecule has 0 nitrogen and oxygen atoms in total. The van der Waals surface area contributed by atoms with Crippen LogP contribution in [-0.4, -0.2) is 4.83 Å². The summed E-state index contributed by atoms with van der Waals surface area (Å²) in [7, 11) is 0. The fourth-order valence-electron chi connectivity index (χ4n) is 1.17. The van der Waals surface area contributed by atoms with Crippen molar-refractivity contribution in [3.8, 4) is 0 Å². The zero-order valence-electron chi connectivity index (χ0n) is 8.46. The first-order valence-electron chi connectivity index (χ1n) is 4.66. The average Bonchev–Trinajstić information content (AvgIpc) is 2.19. The van der Waals surface area contributed by atoms with Crippen LogP contribution in [0.15, 0.2) is 43.0 Å². The van der Waals surface area contributed by atoms with Gasteiger partial charge in [0.1, 0.15) is 0 Å². The zero-order valence-corrected chi connectivity index (χ0v) is 10.0. The number of hydrogen-bond acceptors (Lipinski definition) is 0. The molecule has 1 unspecified atom stereocenters. The summed E-state index contributed by atoms with van der Waals surface area (Å²) in [5.41, 5.74) is 3.66. The van der Waals surface area contributed by atoms with E-state index >= 15 is 0 Å². The first kappa shape index (κ1) is 11.3. The van der Waals surface area contributed by atoms with Gasteiger partial charge in [-0.05, 0) is 24.5 Å². The molecule has 1 heteroatoms. The smallest absolute Gasteiger partial charge is 0.0327 e. The lowest BCUT2D eigenvalue weighted by molar-refractivity contribution is 1.04. The second kappa shape index (κ2) is 5.16. The molecular formula is C13H15Br. The second-order valence-corrected chi connectivity index (χ2v) is 4.77. The van der Waals surface area contributed by atoms with E-state index in [1.165, 1.54) is 11.1 Å². The third-order valence-corrected chi connectivity index (χ3v) is 2.86. The predicted octanol–water partition coefficient (Wildman–Crippen LogP) is 4.21. The Balaban J connectivity index is 2.69. The highest BCUT2D eigenvalue weighted by Crippen LogP contribution is 2.16. The summed E-state index contributed by atoms with van der Waals surface area (Å²) >= 11 is 3.51. The molecule has 1 aromatic carbocycles. The number of halogens is 1. The summed E-state index contributed by atoms with van der Waals surface area (Å²) in [6.07, 6.45) is 2.79. The molecule has 0 fully saturated rings. The van der Waals surface area contributed by atoms with Crippen molar-refractivity contribution in [3.05, 3.63) is 54.1 Å². The Morgan fingerprint density at radius 1 is 1.43 bits per heavy atom. The van der Waals surface area contributed by atoms with Crippen LogP contribution in [0.1, 0.15) is 18.1 Å². The van der Waals surface area contributed by atoms with Crippen molar-refractivity contribution >= 4 is 22.0 Å². The van der Waals surface area contributed by atoms with Crippen LogP contribution in [0, 0.1) is 0 Å². The van der Waals surface area contributed by atoms with Gasteiger partial charge in [-0.15, -0.1) is 0 Å². The number of rotatable bonds is 4.